The van der Waals surface area contributed by atoms with Crippen LogP contribution in [-0.2, 0) is 6.61 Å². The van der Waals surface area contributed by atoms with E-state index >= 15 is 0 Å². The molecule has 0 atom stereocenters. The second-order valence-corrected chi connectivity index (χ2v) is 10.4. The molecular formula is C30H18BrCl2N3O3. The highest BCUT2D eigenvalue weighted by Gasteiger charge is 2.17. The Kier molecular flexibility index (Phi) is 6.95. The Labute approximate surface area is 241 Å². The molecule has 0 aliphatic heterocycles. The third kappa shape index (κ3) is 5.21. The maximum atomic E-state index is 13.6. The maximum absolute atomic E-state index is 13.6. The molecule has 0 aliphatic rings. The number of rotatable bonds is 6. The zero-order chi connectivity index (χ0) is 26.9. The van der Waals surface area contributed by atoms with Crippen molar-refractivity contribution in [3.05, 3.63) is 127 Å². The summed E-state index contributed by atoms with van der Waals surface area (Å²) in [5, 5.41) is 6.82. The first-order valence-electron chi connectivity index (χ1n) is 11.9. The molecule has 39 heavy (non-hydrogen) atoms. The topological polar surface area (TPSA) is 69.6 Å². The zero-order valence-electron chi connectivity index (χ0n) is 20.1. The first-order valence-corrected chi connectivity index (χ1v) is 13.4. The van der Waals surface area contributed by atoms with E-state index in [2.05, 4.69) is 21.0 Å². The molecule has 4 aromatic carbocycles. The third-order valence-corrected chi connectivity index (χ3v) is 7.29. The van der Waals surface area contributed by atoms with Crippen molar-refractivity contribution in [3.8, 4) is 17.3 Å². The molecular weight excluding hydrogens is 601 g/mol. The van der Waals surface area contributed by atoms with Gasteiger partial charge in [0.1, 0.15) is 17.9 Å². The third-order valence-electron chi connectivity index (χ3n) is 6.06. The van der Waals surface area contributed by atoms with E-state index in [1.807, 2.05) is 60.7 Å². The van der Waals surface area contributed by atoms with E-state index in [-0.39, 0.29) is 18.0 Å². The minimum atomic E-state index is -0.317. The van der Waals surface area contributed by atoms with Gasteiger partial charge in [-0.15, -0.1) is 0 Å². The van der Waals surface area contributed by atoms with Crippen LogP contribution in [0.3, 0.4) is 0 Å². The summed E-state index contributed by atoms with van der Waals surface area (Å²) < 4.78 is 14.3. The molecule has 0 amide bonds. The van der Waals surface area contributed by atoms with E-state index in [4.69, 9.17) is 37.3 Å². The lowest BCUT2D eigenvalue weighted by molar-refractivity contribution is 0.306. The van der Waals surface area contributed by atoms with Gasteiger partial charge in [-0.1, -0.05) is 69.5 Å². The van der Waals surface area contributed by atoms with Crippen molar-refractivity contribution in [1.29, 1.82) is 0 Å². The zero-order valence-corrected chi connectivity index (χ0v) is 23.2. The number of benzene rings is 4. The molecule has 2 heterocycles. The number of nitrogens with zero attached hydrogens (tertiary/aromatic N) is 3. The lowest BCUT2D eigenvalue weighted by Crippen LogP contribution is -2.20. The average molecular weight is 619 g/mol. The van der Waals surface area contributed by atoms with Gasteiger partial charge in [0.2, 0.25) is 5.82 Å². The van der Waals surface area contributed by atoms with Crippen molar-refractivity contribution in [1.82, 2.24) is 9.66 Å². The summed E-state index contributed by atoms with van der Waals surface area (Å²) >= 11 is 15.7. The molecule has 0 bridgehead atoms. The Hall–Kier alpha value is -3.91. The van der Waals surface area contributed by atoms with Gasteiger partial charge in [-0.05, 0) is 66.2 Å². The van der Waals surface area contributed by atoms with Crippen molar-refractivity contribution in [2.24, 2.45) is 5.10 Å². The van der Waals surface area contributed by atoms with Crippen LogP contribution < -0.4 is 10.3 Å². The molecule has 0 saturated heterocycles. The van der Waals surface area contributed by atoms with Gasteiger partial charge in [0.05, 0.1) is 27.2 Å². The van der Waals surface area contributed by atoms with Crippen molar-refractivity contribution >= 4 is 67.2 Å². The second kappa shape index (κ2) is 10.7. The van der Waals surface area contributed by atoms with Gasteiger partial charge in [0.25, 0.3) is 5.56 Å². The fraction of sp³-hybridized carbons (Fsp3) is 0.0333. The summed E-state index contributed by atoms with van der Waals surface area (Å²) in [7, 11) is 0. The number of hydrogen-bond acceptors (Lipinski definition) is 5. The van der Waals surface area contributed by atoms with Crippen LogP contribution >= 0.6 is 39.1 Å². The molecule has 2 aromatic heterocycles. The highest BCUT2D eigenvalue weighted by Crippen LogP contribution is 2.29. The van der Waals surface area contributed by atoms with Gasteiger partial charge in [-0.3, -0.25) is 4.79 Å². The minimum absolute atomic E-state index is 0.277. The second-order valence-electron chi connectivity index (χ2n) is 8.68. The Morgan fingerprint density at radius 3 is 2.64 bits per heavy atom. The van der Waals surface area contributed by atoms with Crippen LogP contribution in [-0.4, -0.2) is 15.9 Å². The molecule has 0 aliphatic carbocycles. The lowest BCUT2D eigenvalue weighted by atomic mass is 10.2. The predicted octanol–water partition coefficient (Wildman–Crippen LogP) is 8.34. The summed E-state index contributed by atoms with van der Waals surface area (Å²) in [4.78, 5) is 18.3. The molecule has 0 saturated carbocycles. The quantitative estimate of drug-likeness (QED) is 0.176. The van der Waals surface area contributed by atoms with Gasteiger partial charge in [-0.25, -0.2) is 4.98 Å². The number of fused-ring (bicyclic) bond motifs is 2. The Balaban J connectivity index is 1.41. The van der Waals surface area contributed by atoms with Gasteiger partial charge in [-0.2, -0.15) is 9.78 Å². The Bertz CT molecular complexity index is 1950. The summed E-state index contributed by atoms with van der Waals surface area (Å²) in [5.74, 6) is 1.30. The SMILES string of the molecule is O=c1c2ccccc2nc(-c2cc3cc(Br)ccc3o2)n1N=Cc1ccccc1OCc1ccc(Cl)c(Cl)c1. The minimum Gasteiger partial charge on any atom is -0.488 e. The fourth-order valence-electron chi connectivity index (χ4n) is 4.14. The van der Waals surface area contributed by atoms with E-state index in [1.165, 1.54) is 4.68 Å². The van der Waals surface area contributed by atoms with Crippen LogP contribution in [0.1, 0.15) is 11.1 Å². The first-order chi connectivity index (χ1) is 19.0. The average Bonchev–Trinajstić information content (AvgIpc) is 3.36. The smallest absolute Gasteiger partial charge is 0.282 e. The molecule has 0 radical (unpaired) electrons. The number of furan rings is 1. The molecule has 6 nitrogen and oxygen atoms in total. The molecule has 6 aromatic rings. The van der Waals surface area contributed by atoms with Gasteiger partial charge >= 0.3 is 0 Å². The van der Waals surface area contributed by atoms with Crippen LogP contribution in [0.4, 0.5) is 0 Å². The first kappa shape index (κ1) is 25.4. The van der Waals surface area contributed by atoms with E-state index in [0.717, 1.165) is 15.4 Å². The predicted molar refractivity (Wildman–Crippen MR) is 159 cm³/mol. The van der Waals surface area contributed by atoms with Crippen molar-refractivity contribution in [2.75, 3.05) is 0 Å². The van der Waals surface area contributed by atoms with Crippen molar-refractivity contribution < 1.29 is 9.15 Å². The normalized spacial score (nSPS) is 11.6. The summed E-state index contributed by atoms with van der Waals surface area (Å²) in [5.41, 5.74) is 2.45. The number of ether oxygens (including phenoxy) is 1. The number of hydrogen-bond donors (Lipinski definition) is 0. The van der Waals surface area contributed by atoms with Crippen LogP contribution in [0.5, 0.6) is 5.75 Å². The van der Waals surface area contributed by atoms with E-state index in [9.17, 15) is 4.79 Å². The Morgan fingerprint density at radius 2 is 1.77 bits per heavy atom. The van der Waals surface area contributed by atoms with Gasteiger partial charge in [0, 0.05) is 15.4 Å². The molecule has 0 unspecified atom stereocenters. The van der Waals surface area contributed by atoms with Crippen LogP contribution in [0, 0.1) is 0 Å². The van der Waals surface area contributed by atoms with Gasteiger partial charge in [0.15, 0.2) is 5.76 Å². The molecule has 192 valence electrons. The van der Waals surface area contributed by atoms with Gasteiger partial charge < -0.3 is 9.15 Å². The highest BCUT2D eigenvalue weighted by atomic mass is 79.9. The highest BCUT2D eigenvalue weighted by molar-refractivity contribution is 9.10. The van der Waals surface area contributed by atoms with E-state index in [1.54, 1.807) is 36.5 Å². The van der Waals surface area contributed by atoms with Crippen molar-refractivity contribution in [2.45, 2.75) is 6.61 Å². The van der Waals surface area contributed by atoms with E-state index in [0.29, 0.717) is 43.6 Å². The molecule has 6 rings (SSSR count). The number of halogens is 3. The van der Waals surface area contributed by atoms with Crippen LogP contribution in [0.2, 0.25) is 10.0 Å². The summed E-state index contributed by atoms with van der Waals surface area (Å²) in [6.45, 7) is 0.277. The van der Waals surface area contributed by atoms with E-state index < -0.39 is 0 Å². The van der Waals surface area contributed by atoms with Crippen molar-refractivity contribution in [3.63, 3.8) is 0 Å². The molecule has 0 spiro atoms. The fourth-order valence-corrected chi connectivity index (χ4v) is 4.84. The van der Waals surface area contributed by atoms with Crippen LogP contribution in [0.25, 0.3) is 33.5 Å². The molecule has 0 fully saturated rings. The number of para-hydroxylation sites is 2. The maximum Gasteiger partial charge on any atom is 0.282 e. The Morgan fingerprint density at radius 1 is 0.949 bits per heavy atom. The van der Waals surface area contributed by atoms with Crippen LogP contribution in [0.15, 0.2) is 110 Å². The summed E-state index contributed by atoms with van der Waals surface area (Å²) in [6.07, 6.45) is 1.57. The largest absolute Gasteiger partial charge is 0.488 e. The monoisotopic (exact) mass is 617 g/mol. The lowest BCUT2D eigenvalue weighted by Gasteiger charge is -2.10. The summed E-state index contributed by atoms with van der Waals surface area (Å²) in [6, 6.07) is 27.4. The standard InChI is InChI=1S/C30H18BrCl2N3O3/c31-21-10-12-27-20(14-21)15-28(39-27)29-35-25-7-3-2-6-22(25)30(37)36(29)34-16-19-5-1-4-8-26(19)38-17-18-9-11-23(32)24(33)13-18/h1-16H,17H2. The molecule has 0 N–H and O–H groups in total. The molecule has 9 heteroatoms. The number of aromatic nitrogens is 2.